The van der Waals surface area contributed by atoms with Crippen molar-refractivity contribution in [1.29, 1.82) is 0 Å². The summed E-state index contributed by atoms with van der Waals surface area (Å²) in [4.78, 5) is 4.35. The highest BCUT2D eigenvalue weighted by Gasteiger charge is 2.18. The Morgan fingerprint density at radius 1 is 1.10 bits per heavy atom. The summed E-state index contributed by atoms with van der Waals surface area (Å²) >= 11 is 0. The Labute approximate surface area is 196 Å². The smallest absolute Gasteiger partial charge is 0.191 e. The van der Waals surface area contributed by atoms with Crippen LogP contribution in [0.3, 0.4) is 0 Å². The van der Waals surface area contributed by atoms with E-state index >= 15 is 0 Å². The van der Waals surface area contributed by atoms with Crippen LogP contribution in [0.4, 0.5) is 0 Å². The Bertz CT molecular complexity index is 823. The van der Waals surface area contributed by atoms with Crippen LogP contribution >= 0.6 is 24.0 Å². The Kier molecular flexibility index (Phi) is 10.4. The molecule has 2 aromatic rings. The average molecular weight is 525 g/mol. The molecule has 1 aliphatic rings. The molecule has 1 atom stereocenters. The zero-order valence-electron chi connectivity index (χ0n) is 17.9. The lowest BCUT2D eigenvalue weighted by Gasteiger charge is -2.18. The Hall–Kier alpha value is -1.84. The van der Waals surface area contributed by atoms with Crippen LogP contribution in [-0.2, 0) is 29.2 Å². The van der Waals surface area contributed by atoms with E-state index in [4.69, 9.17) is 14.2 Å². The van der Waals surface area contributed by atoms with Gasteiger partial charge in [-0.3, -0.25) is 4.99 Å². The largest absolute Gasteiger partial charge is 0.488 e. The number of nitrogens with one attached hydrogen (secondary N) is 2. The van der Waals surface area contributed by atoms with E-state index in [1.165, 1.54) is 16.7 Å². The van der Waals surface area contributed by atoms with Gasteiger partial charge in [-0.2, -0.15) is 0 Å². The number of nitrogens with zero attached hydrogens (tertiary/aromatic N) is 1. The second kappa shape index (κ2) is 12.8. The topological polar surface area (TPSA) is 64.1 Å². The molecule has 30 heavy (non-hydrogen) atoms. The Balaban J connectivity index is 0.00000320. The van der Waals surface area contributed by atoms with Gasteiger partial charge in [-0.15, -0.1) is 24.0 Å². The minimum absolute atomic E-state index is 0. The third kappa shape index (κ3) is 7.14. The number of rotatable bonds is 8. The maximum atomic E-state index is 6.19. The maximum absolute atomic E-state index is 6.19. The fourth-order valence-corrected chi connectivity index (χ4v) is 3.31. The van der Waals surface area contributed by atoms with Gasteiger partial charge in [0.1, 0.15) is 11.9 Å². The first-order chi connectivity index (χ1) is 14.2. The minimum atomic E-state index is 0. The van der Waals surface area contributed by atoms with Crippen molar-refractivity contribution in [1.82, 2.24) is 10.6 Å². The predicted octanol–water partition coefficient (Wildman–Crippen LogP) is 3.79. The van der Waals surface area contributed by atoms with Crippen molar-refractivity contribution in [2.75, 3.05) is 27.4 Å². The molecule has 0 aliphatic carbocycles. The van der Waals surface area contributed by atoms with Crippen LogP contribution in [0, 0.1) is 6.92 Å². The van der Waals surface area contributed by atoms with Gasteiger partial charge in [0.05, 0.1) is 19.8 Å². The van der Waals surface area contributed by atoms with Crippen molar-refractivity contribution in [2.24, 2.45) is 4.99 Å². The quantitative estimate of drug-likeness (QED) is 0.312. The Morgan fingerprint density at radius 3 is 2.50 bits per heavy atom. The molecule has 1 saturated heterocycles. The van der Waals surface area contributed by atoms with Crippen molar-refractivity contribution in [3.63, 3.8) is 0 Å². The molecule has 6 nitrogen and oxygen atoms in total. The molecular weight excluding hydrogens is 493 g/mol. The van der Waals surface area contributed by atoms with Gasteiger partial charge in [0.2, 0.25) is 0 Å². The molecule has 164 valence electrons. The number of hydrogen-bond donors (Lipinski definition) is 2. The second-order valence-corrected chi connectivity index (χ2v) is 7.20. The summed E-state index contributed by atoms with van der Waals surface area (Å²) in [6, 6.07) is 14.5. The van der Waals surface area contributed by atoms with Crippen molar-refractivity contribution in [3.8, 4) is 5.75 Å². The first kappa shape index (κ1) is 24.4. The summed E-state index contributed by atoms with van der Waals surface area (Å²) in [6.07, 6.45) is 1.07. The van der Waals surface area contributed by atoms with E-state index in [0.717, 1.165) is 30.3 Å². The van der Waals surface area contributed by atoms with E-state index < -0.39 is 0 Å². The summed E-state index contributed by atoms with van der Waals surface area (Å²) in [6.45, 7) is 5.40. The van der Waals surface area contributed by atoms with Crippen molar-refractivity contribution >= 4 is 29.9 Å². The molecule has 1 fully saturated rings. The summed E-state index contributed by atoms with van der Waals surface area (Å²) in [5.74, 6) is 1.65. The zero-order valence-corrected chi connectivity index (χ0v) is 20.3. The van der Waals surface area contributed by atoms with Crippen LogP contribution in [0.1, 0.15) is 28.7 Å². The van der Waals surface area contributed by atoms with Gasteiger partial charge in [0.15, 0.2) is 5.96 Å². The van der Waals surface area contributed by atoms with Gasteiger partial charge < -0.3 is 24.8 Å². The second-order valence-electron chi connectivity index (χ2n) is 7.20. The summed E-state index contributed by atoms with van der Waals surface area (Å²) in [7, 11) is 3.49. The number of ether oxygens (including phenoxy) is 3. The van der Waals surface area contributed by atoms with E-state index in [1.807, 2.05) is 12.1 Å². The highest BCUT2D eigenvalue weighted by atomic mass is 127. The first-order valence-corrected chi connectivity index (χ1v) is 10.0. The van der Waals surface area contributed by atoms with Crippen LogP contribution in [0.15, 0.2) is 47.5 Å². The van der Waals surface area contributed by atoms with Crippen molar-refractivity contribution < 1.29 is 14.2 Å². The molecular formula is C23H32IN3O3. The van der Waals surface area contributed by atoms with Crippen molar-refractivity contribution in [2.45, 2.75) is 39.1 Å². The third-order valence-corrected chi connectivity index (χ3v) is 4.94. The number of benzene rings is 2. The lowest BCUT2D eigenvalue weighted by molar-refractivity contribution is 0.140. The van der Waals surface area contributed by atoms with Gasteiger partial charge in [-0.1, -0.05) is 36.4 Å². The third-order valence-electron chi connectivity index (χ3n) is 4.94. The fraction of sp³-hybridized carbons (Fsp3) is 0.435. The number of aryl methyl sites for hydroxylation is 1. The SMILES string of the molecule is CN=C(NCc1ccccc1COC)NCc1ccc(C)cc1OC1CCOC1.I. The van der Waals surface area contributed by atoms with E-state index in [0.29, 0.717) is 26.3 Å². The molecule has 1 aliphatic heterocycles. The minimum Gasteiger partial charge on any atom is -0.488 e. The molecule has 1 heterocycles. The average Bonchev–Trinajstić information content (AvgIpc) is 3.24. The van der Waals surface area contributed by atoms with Gasteiger partial charge in [0, 0.05) is 39.2 Å². The van der Waals surface area contributed by atoms with Gasteiger partial charge in [-0.05, 0) is 29.7 Å². The van der Waals surface area contributed by atoms with E-state index in [2.05, 4.69) is 52.9 Å². The van der Waals surface area contributed by atoms with E-state index in [1.54, 1.807) is 14.2 Å². The number of methoxy groups -OCH3 is 1. The molecule has 0 spiro atoms. The van der Waals surface area contributed by atoms with Gasteiger partial charge >= 0.3 is 0 Å². The molecule has 0 radical (unpaired) electrons. The first-order valence-electron chi connectivity index (χ1n) is 10.0. The molecule has 2 N–H and O–H groups in total. The fourth-order valence-electron chi connectivity index (χ4n) is 3.31. The van der Waals surface area contributed by atoms with Crippen LogP contribution in [0.5, 0.6) is 5.75 Å². The molecule has 0 saturated carbocycles. The van der Waals surface area contributed by atoms with Gasteiger partial charge in [-0.25, -0.2) is 0 Å². The van der Waals surface area contributed by atoms with Gasteiger partial charge in [0.25, 0.3) is 0 Å². The number of halogens is 1. The molecule has 2 aromatic carbocycles. The summed E-state index contributed by atoms with van der Waals surface area (Å²) < 4.78 is 16.9. The predicted molar refractivity (Wildman–Crippen MR) is 131 cm³/mol. The lowest BCUT2D eigenvalue weighted by Crippen LogP contribution is -2.36. The van der Waals surface area contributed by atoms with Crippen molar-refractivity contribution in [3.05, 3.63) is 64.7 Å². The van der Waals surface area contributed by atoms with Crippen LogP contribution in [-0.4, -0.2) is 39.4 Å². The lowest BCUT2D eigenvalue weighted by atomic mass is 10.1. The number of aliphatic imine (C=N–C) groups is 1. The van der Waals surface area contributed by atoms with E-state index in [-0.39, 0.29) is 30.1 Å². The van der Waals surface area contributed by atoms with Crippen LogP contribution in [0.25, 0.3) is 0 Å². The summed E-state index contributed by atoms with van der Waals surface area (Å²) in [5, 5.41) is 6.77. The number of hydrogen-bond acceptors (Lipinski definition) is 4. The molecule has 0 amide bonds. The van der Waals surface area contributed by atoms with Crippen LogP contribution in [0.2, 0.25) is 0 Å². The summed E-state index contributed by atoms with van der Waals surface area (Å²) in [5.41, 5.74) is 4.65. The number of guanidine groups is 1. The van der Waals surface area contributed by atoms with E-state index in [9.17, 15) is 0 Å². The maximum Gasteiger partial charge on any atom is 0.191 e. The zero-order chi connectivity index (χ0) is 20.5. The monoisotopic (exact) mass is 525 g/mol. The standard InChI is InChI=1S/C23H31N3O3.HI/c1-17-8-9-19(22(12-17)29-21-10-11-28-16-21)14-26-23(24-2)25-13-18-6-4-5-7-20(18)15-27-3;/h4-9,12,21H,10-11,13-16H2,1-3H3,(H2,24,25,26);1H. The Morgan fingerprint density at radius 2 is 1.83 bits per heavy atom. The molecule has 7 heteroatoms. The molecule has 1 unspecified atom stereocenters. The normalized spacial score (nSPS) is 16.1. The molecule has 0 bridgehead atoms. The molecule has 0 aromatic heterocycles. The highest BCUT2D eigenvalue weighted by molar-refractivity contribution is 14.0. The highest BCUT2D eigenvalue weighted by Crippen LogP contribution is 2.23. The van der Waals surface area contributed by atoms with Crippen LogP contribution < -0.4 is 15.4 Å². The molecule has 3 rings (SSSR count).